The van der Waals surface area contributed by atoms with Gasteiger partial charge in [-0.05, 0) is 29.2 Å². The van der Waals surface area contributed by atoms with Gasteiger partial charge in [0, 0.05) is 32.8 Å². The molecule has 1 aliphatic heterocycles. The second kappa shape index (κ2) is 10.4. The number of sulfonamides is 1. The maximum Gasteiger partial charge on any atom is 1.00 e. The summed E-state index contributed by atoms with van der Waals surface area (Å²) in [5.74, 6) is 0.951. The number of carbonyl (C=O) groups is 1. The monoisotopic (exact) mass is 472 g/mol. The van der Waals surface area contributed by atoms with Crippen LogP contribution in [0.2, 0.25) is 0 Å². The molecule has 3 heterocycles. The van der Waals surface area contributed by atoms with Gasteiger partial charge in [-0.3, -0.25) is 4.79 Å². The van der Waals surface area contributed by atoms with Crippen LogP contribution < -0.4 is 44.5 Å². The van der Waals surface area contributed by atoms with E-state index >= 15 is 0 Å². The molecule has 1 aliphatic rings. The number of rotatable bonds is 6. The zero-order valence-corrected chi connectivity index (χ0v) is 22.5. The van der Waals surface area contributed by atoms with Gasteiger partial charge < -0.3 is 19.7 Å². The van der Waals surface area contributed by atoms with E-state index in [0.717, 1.165) is 17.8 Å². The summed E-state index contributed by atoms with van der Waals surface area (Å²) in [6, 6.07) is 0.904. The summed E-state index contributed by atoms with van der Waals surface area (Å²) in [6.07, 6.45) is 1.90. The number of aromatic nitrogens is 3. The van der Waals surface area contributed by atoms with Crippen molar-refractivity contribution < 1.29 is 47.5 Å². The standard InChI is InChI=1S/C20H30N6O4S.Na/c1-12(2)14-10-16(25(5)6)22-17(13(3)4)18(14)23-20(27)24-31(28,29)15-11-21-26-8-7-9-30-19(15)26;/h10-13H,7-9H2,1-6H3,(H2,23,24,27);/q;+1/p-1. The predicted octanol–water partition coefficient (Wildman–Crippen LogP) is 0.672. The zero-order chi connectivity index (χ0) is 22.9. The van der Waals surface area contributed by atoms with Crippen LogP contribution in [0.5, 0.6) is 5.88 Å². The Balaban J connectivity index is 0.00000363. The van der Waals surface area contributed by atoms with Crippen LogP contribution in [0, 0.1) is 0 Å². The molecule has 170 valence electrons. The number of ether oxygens (including phenoxy) is 1. The summed E-state index contributed by atoms with van der Waals surface area (Å²) in [5, 5.41) is 6.69. The van der Waals surface area contributed by atoms with Crippen LogP contribution in [0.15, 0.2) is 17.2 Å². The smallest absolute Gasteiger partial charge is 0.477 e. The molecule has 0 spiro atoms. The largest absolute Gasteiger partial charge is 1.00 e. The first-order valence-electron chi connectivity index (χ1n) is 10.2. The van der Waals surface area contributed by atoms with Gasteiger partial charge in [0.15, 0.2) is 10.9 Å². The fraction of sp³-hybridized carbons (Fsp3) is 0.550. The van der Waals surface area contributed by atoms with Gasteiger partial charge in [-0.1, -0.05) is 27.7 Å². The summed E-state index contributed by atoms with van der Waals surface area (Å²) in [7, 11) is -0.501. The van der Waals surface area contributed by atoms with E-state index in [1.165, 1.54) is 10.9 Å². The number of urea groups is 1. The zero-order valence-electron chi connectivity index (χ0n) is 19.7. The molecule has 0 fully saturated rings. The Morgan fingerprint density at radius 3 is 2.53 bits per heavy atom. The van der Waals surface area contributed by atoms with Gasteiger partial charge in [0.25, 0.3) is 0 Å². The van der Waals surface area contributed by atoms with E-state index < -0.39 is 16.1 Å². The van der Waals surface area contributed by atoms with Crippen molar-refractivity contribution in [2.75, 3.05) is 30.9 Å². The van der Waals surface area contributed by atoms with E-state index in [2.05, 4.69) is 20.1 Å². The maximum atomic E-state index is 12.8. The maximum absolute atomic E-state index is 12.8. The molecule has 0 saturated carbocycles. The third kappa shape index (κ3) is 5.56. The number of fused-ring (bicyclic) bond motifs is 1. The Morgan fingerprint density at radius 2 is 1.94 bits per heavy atom. The van der Waals surface area contributed by atoms with Gasteiger partial charge in [0.05, 0.1) is 12.8 Å². The van der Waals surface area contributed by atoms with Crippen LogP contribution >= 0.6 is 0 Å². The first kappa shape index (κ1) is 26.4. The molecule has 0 atom stereocenters. The SMILES string of the molecule is CC(C)c1cc(N(C)C)nc(C(C)C)c1NC(=O)[N-]S(=O)(=O)c1cnn2c1OCCC2.[Na+]. The molecule has 10 nitrogen and oxygen atoms in total. The quantitative estimate of drug-likeness (QED) is 0.614. The average molecular weight is 473 g/mol. The fourth-order valence-electron chi connectivity index (χ4n) is 3.32. The molecular formula is C20H29N6NaO4S. The minimum Gasteiger partial charge on any atom is -0.477 e. The molecule has 3 rings (SSSR count). The Hall–Kier alpha value is -1.82. The predicted molar refractivity (Wildman–Crippen MR) is 119 cm³/mol. The van der Waals surface area contributed by atoms with Crippen molar-refractivity contribution >= 4 is 27.6 Å². The third-order valence-corrected chi connectivity index (χ3v) is 6.16. The van der Waals surface area contributed by atoms with Crippen molar-refractivity contribution in [3.8, 4) is 5.88 Å². The summed E-state index contributed by atoms with van der Waals surface area (Å²) in [6.45, 7) is 8.87. The van der Waals surface area contributed by atoms with Crippen LogP contribution in [0.1, 0.15) is 57.2 Å². The minimum atomic E-state index is -4.29. The second-order valence-electron chi connectivity index (χ2n) is 8.27. The van der Waals surface area contributed by atoms with Crippen molar-refractivity contribution in [3.63, 3.8) is 0 Å². The molecule has 2 aromatic heterocycles. The van der Waals surface area contributed by atoms with Gasteiger partial charge in [0.1, 0.15) is 5.82 Å². The third-order valence-electron chi connectivity index (χ3n) is 4.92. The number of carbonyl (C=O) groups excluding carboxylic acids is 1. The Kier molecular flexibility index (Phi) is 8.60. The molecule has 0 aromatic carbocycles. The Labute approximate surface area is 211 Å². The van der Waals surface area contributed by atoms with Crippen LogP contribution in [0.25, 0.3) is 4.72 Å². The van der Waals surface area contributed by atoms with E-state index in [0.29, 0.717) is 24.5 Å². The summed E-state index contributed by atoms with van der Waals surface area (Å²) >= 11 is 0. The molecule has 0 unspecified atom stereocenters. The topological polar surface area (TPSA) is 121 Å². The van der Waals surface area contributed by atoms with Gasteiger partial charge in [0.2, 0.25) is 15.9 Å². The Morgan fingerprint density at radius 1 is 1.25 bits per heavy atom. The minimum absolute atomic E-state index is 0. The molecule has 2 aromatic rings. The number of pyridine rings is 1. The molecule has 12 heteroatoms. The van der Waals surface area contributed by atoms with Gasteiger partial charge >= 0.3 is 29.6 Å². The number of nitrogens with zero attached hydrogens (tertiary/aromatic N) is 5. The van der Waals surface area contributed by atoms with E-state index in [4.69, 9.17) is 4.74 Å². The summed E-state index contributed by atoms with van der Waals surface area (Å²) in [5.41, 5.74) is 2.02. The van der Waals surface area contributed by atoms with E-state index in [1.54, 1.807) is 0 Å². The van der Waals surface area contributed by atoms with Crippen molar-refractivity contribution in [2.24, 2.45) is 0 Å². The van der Waals surface area contributed by atoms with Crippen molar-refractivity contribution in [1.82, 2.24) is 14.8 Å². The van der Waals surface area contributed by atoms with E-state index in [9.17, 15) is 13.2 Å². The fourth-order valence-corrected chi connectivity index (χ4v) is 4.25. The van der Waals surface area contributed by atoms with Crippen LogP contribution in [0.4, 0.5) is 16.3 Å². The van der Waals surface area contributed by atoms with Gasteiger partial charge in [-0.15, -0.1) is 0 Å². The van der Waals surface area contributed by atoms with Crippen LogP contribution in [0.3, 0.4) is 0 Å². The molecule has 1 N–H and O–H groups in total. The average Bonchev–Trinajstić information content (AvgIpc) is 3.12. The molecule has 0 bridgehead atoms. The van der Waals surface area contributed by atoms with Gasteiger partial charge in [-0.25, -0.2) is 18.1 Å². The van der Waals surface area contributed by atoms with Crippen molar-refractivity contribution in [1.29, 1.82) is 0 Å². The number of anilines is 2. The van der Waals surface area contributed by atoms with E-state index in [-0.39, 0.29) is 52.2 Å². The molecule has 2 amide bonds. The molecule has 0 radical (unpaired) electrons. The Bertz CT molecular complexity index is 1050. The van der Waals surface area contributed by atoms with Crippen molar-refractivity contribution in [2.45, 2.75) is 57.4 Å². The summed E-state index contributed by atoms with van der Waals surface area (Å²) < 4.78 is 35.9. The summed E-state index contributed by atoms with van der Waals surface area (Å²) in [4.78, 5) is 19.0. The molecular weight excluding hydrogens is 443 g/mol. The number of hydrogen-bond acceptors (Lipinski definition) is 7. The first-order valence-corrected chi connectivity index (χ1v) is 11.6. The van der Waals surface area contributed by atoms with Crippen LogP contribution in [-0.4, -0.2) is 49.9 Å². The molecule has 32 heavy (non-hydrogen) atoms. The van der Waals surface area contributed by atoms with E-state index in [1.807, 2.05) is 52.8 Å². The van der Waals surface area contributed by atoms with Gasteiger partial charge in [-0.2, -0.15) is 5.10 Å². The normalized spacial score (nSPS) is 13.2. The number of amides is 2. The number of aryl methyl sites for hydroxylation is 1. The molecule has 0 saturated heterocycles. The second-order valence-corrected chi connectivity index (χ2v) is 9.84. The first-order chi connectivity index (χ1) is 14.5. The molecule has 0 aliphatic carbocycles. The van der Waals surface area contributed by atoms with Crippen LogP contribution in [-0.2, 0) is 16.6 Å². The number of hydrogen-bond donors (Lipinski definition) is 1. The number of nitrogens with one attached hydrogen (secondary N) is 1. The van der Waals surface area contributed by atoms with Crippen molar-refractivity contribution in [3.05, 3.63) is 28.2 Å².